The zero-order valence-corrected chi connectivity index (χ0v) is 23.4. The Labute approximate surface area is 230 Å². The van der Waals surface area contributed by atoms with Gasteiger partial charge in [0.25, 0.3) is 0 Å². The summed E-state index contributed by atoms with van der Waals surface area (Å²) in [6.07, 6.45) is 7.67. The Balaban J connectivity index is 1.52. The van der Waals surface area contributed by atoms with Crippen LogP contribution >= 0.6 is 0 Å². The van der Waals surface area contributed by atoms with E-state index in [1.807, 2.05) is 25.4 Å². The Morgan fingerprint density at radius 2 is 2.03 bits per heavy atom. The molecule has 0 spiro atoms. The maximum Gasteiger partial charge on any atom is 0.227 e. The fourth-order valence-electron chi connectivity index (χ4n) is 5.37. The summed E-state index contributed by atoms with van der Waals surface area (Å²) in [5.41, 5.74) is 14.4. The number of aliphatic hydroxyl groups excluding tert-OH is 1. The number of likely N-dealkylation sites (N-methyl/N-ethyl adjacent to an activating group) is 2. The zero-order chi connectivity index (χ0) is 27.5. The predicted molar refractivity (Wildman–Crippen MR) is 159 cm³/mol. The number of nitrogens with two attached hydrogens (primary N) is 1. The number of ether oxygens (including phenoxy) is 1. The van der Waals surface area contributed by atoms with Crippen LogP contribution in [0.5, 0.6) is 5.75 Å². The summed E-state index contributed by atoms with van der Waals surface area (Å²) in [6, 6.07) is 10.4. The summed E-state index contributed by atoms with van der Waals surface area (Å²) in [5.74, 6) is 1.13. The van der Waals surface area contributed by atoms with Crippen molar-refractivity contribution in [3.05, 3.63) is 53.9 Å². The number of nitrogens with one attached hydrogen (secondary N) is 1. The lowest BCUT2D eigenvalue weighted by Gasteiger charge is -2.24. The number of nitrogen functional groups attached to an aromatic ring is 1. The van der Waals surface area contributed by atoms with Crippen molar-refractivity contribution in [3.63, 3.8) is 0 Å². The van der Waals surface area contributed by atoms with Gasteiger partial charge in [-0.05, 0) is 57.0 Å². The second-order valence-electron chi connectivity index (χ2n) is 10.5. The van der Waals surface area contributed by atoms with Gasteiger partial charge >= 0.3 is 0 Å². The van der Waals surface area contributed by atoms with Gasteiger partial charge in [-0.3, -0.25) is 0 Å². The molecule has 0 atom stereocenters. The number of benzene rings is 2. The highest BCUT2D eigenvalue weighted by Crippen LogP contribution is 2.38. The second-order valence-corrected chi connectivity index (χ2v) is 10.5. The number of aryl methyl sites for hydroxylation is 3. The molecule has 9 nitrogen and oxygen atoms in total. The highest BCUT2D eigenvalue weighted by Gasteiger charge is 2.21. The first-order valence-electron chi connectivity index (χ1n) is 13.6. The van der Waals surface area contributed by atoms with Gasteiger partial charge in [0.15, 0.2) is 0 Å². The minimum atomic E-state index is 0.122. The molecule has 0 saturated carbocycles. The van der Waals surface area contributed by atoms with E-state index in [1.54, 1.807) is 7.11 Å². The summed E-state index contributed by atoms with van der Waals surface area (Å²) >= 11 is 0. The minimum Gasteiger partial charge on any atom is -0.494 e. The van der Waals surface area contributed by atoms with Gasteiger partial charge in [-0.1, -0.05) is 18.2 Å². The van der Waals surface area contributed by atoms with Crippen molar-refractivity contribution in [2.75, 3.05) is 63.9 Å². The number of methoxy groups -OCH3 is 1. The van der Waals surface area contributed by atoms with Gasteiger partial charge in [0, 0.05) is 62.7 Å². The van der Waals surface area contributed by atoms with E-state index in [0.29, 0.717) is 35.9 Å². The Morgan fingerprint density at radius 1 is 1.18 bits per heavy atom. The van der Waals surface area contributed by atoms with E-state index in [-0.39, 0.29) is 6.61 Å². The van der Waals surface area contributed by atoms with Crippen LogP contribution in [0.25, 0.3) is 22.2 Å². The fourth-order valence-corrected chi connectivity index (χ4v) is 5.37. The number of aromatic nitrogens is 3. The van der Waals surface area contributed by atoms with Gasteiger partial charge in [-0.2, -0.15) is 0 Å². The van der Waals surface area contributed by atoms with Crippen molar-refractivity contribution in [3.8, 4) is 17.0 Å². The molecule has 0 radical (unpaired) electrons. The molecule has 0 bridgehead atoms. The van der Waals surface area contributed by atoms with E-state index >= 15 is 0 Å². The lowest BCUT2D eigenvalue weighted by Crippen LogP contribution is -2.29. The number of rotatable bonds is 11. The molecule has 206 valence electrons. The number of hydrogen-bond acceptors (Lipinski definition) is 8. The van der Waals surface area contributed by atoms with E-state index < -0.39 is 0 Å². The van der Waals surface area contributed by atoms with Crippen molar-refractivity contribution in [1.29, 1.82) is 0 Å². The van der Waals surface area contributed by atoms with E-state index in [1.165, 1.54) is 16.5 Å². The predicted octanol–water partition coefficient (Wildman–Crippen LogP) is 4.30. The number of para-hydroxylation sites is 1. The normalized spacial score (nSPS) is 12.8. The molecule has 4 aromatic rings. The van der Waals surface area contributed by atoms with E-state index in [0.717, 1.165) is 55.0 Å². The highest BCUT2D eigenvalue weighted by atomic mass is 16.5. The largest absolute Gasteiger partial charge is 0.494 e. The minimum absolute atomic E-state index is 0.122. The molecule has 0 amide bonds. The fraction of sp³-hybridized carbons (Fsp3) is 0.400. The van der Waals surface area contributed by atoms with Crippen molar-refractivity contribution in [2.24, 2.45) is 0 Å². The molecular formula is C30H39N7O2. The summed E-state index contributed by atoms with van der Waals surface area (Å²) in [5, 5.41) is 14.1. The van der Waals surface area contributed by atoms with Crippen LogP contribution in [0, 0.1) is 0 Å². The molecule has 0 saturated heterocycles. The van der Waals surface area contributed by atoms with Crippen LogP contribution in [0.1, 0.15) is 24.0 Å². The van der Waals surface area contributed by atoms with Crippen molar-refractivity contribution < 1.29 is 9.84 Å². The SMILES string of the molecule is COc1cc(N(C)CCN(C)C)c(N)cc1Nc1ncc(CCCO)c(-c2cn3c4c(cccc24)CCC3)n1. The molecule has 9 heteroatoms. The van der Waals surface area contributed by atoms with Crippen LogP contribution in [0.2, 0.25) is 0 Å². The monoisotopic (exact) mass is 529 g/mol. The molecule has 2 aromatic carbocycles. The number of aliphatic hydroxyl groups is 1. The molecule has 39 heavy (non-hydrogen) atoms. The smallest absolute Gasteiger partial charge is 0.227 e. The Morgan fingerprint density at radius 3 is 2.79 bits per heavy atom. The van der Waals surface area contributed by atoms with Gasteiger partial charge in [0.2, 0.25) is 5.95 Å². The summed E-state index contributed by atoms with van der Waals surface area (Å²) in [4.78, 5) is 13.9. The van der Waals surface area contributed by atoms with Gasteiger partial charge in [-0.25, -0.2) is 9.97 Å². The third kappa shape index (κ3) is 5.51. The van der Waals surface area contributed by atoms with E-state index in [2.05, 4.69) is 63.2 Å². The highest BCUT2D eigenvalue weighted by molar-refractivity contribution is 5.98. The van der Waals surface area contributed by atoms with Gasteiger partial charge in [0.1, 0.15) is 5.75 Å². The number of nitrogens with zero attached hydrogens (tertiary/aromatic N) is 5. The van der Waals surface area contributed by atoms with Gasteiger partial charge < -0.3 is 35.3 Å². The molecule has 5 rings (SSSR count). The van der Waals surface area contributed by atoms with Crippen LogP contribution in [0.15, 0.2) is 42.7 Å². The van der Waals surface area contributed by atoms with Crippen LogP contribution in [0.4, 0.5) is 23.0 Å². The van der Waals surface area contributed by atoms with Gasteiger partial charge in [-0.15, -0.1) is 0 Å². The maximum atomic E-state index is 9.51. The number of anilines is 4. The van der Waals surface area contributed by atoms with E-state index in [9.17, 15) is 5.11 Å². The average Bonchev–Trinajstić information content (AvgIpc) is 3.31. The molecule has 1 aliphatic rings. The van der Waals surface area contributed by atoms with Crippen LogP contribution in [0.3, 0.4) is 0 Å². The molecule has 0 aliphatic carbocycles. The zero-order valence-electron chi connectivity index (χ0n) is 23.4. The first kappa shape index (κ1) is 26.8. The molecule has 1 aliphatic heterocycles. The molecule has 3 heterocycles. The van der Waals surface area contributed by atoms with E-state index in [4.69, 9.17) is 15.5 Å². The Kier molecular flexibility index (Phi) is 7.90. The first-order valence-corrected chi connectivity index (χ1v) is 13.6. The van der Waals surface area contributed by atoms with Crippen molar-refractivity contribution in [1.82, 2.24) is 19.4 Å². The topological polar surface area (TPSA) is 105 Å². The molecule has 2 aromatic heterocycles. The summed E-state index contributed by atoms with van der Waals surface area (Å²) < 4.78 is 8.09. The molecule has 0 unspecified atom stereocenters. The van der Waals surface area contributed by atoms with Crippen LogP contribution < -0.4 is 20.7 Å². The third-order valence-corrected chi connectivity index (χ3v) is 7.44. The first-order chi connectivity index (χ1) is 18.9. The molecule has 4 N–H and O–H groups in total. The lowest BCUT2D eigenvalue weighted by molar-refractivity contribution is 0.288. The maximum absolute atomic E-state index is 9.51. The van der Waals surface area contributed by atoms with Crippen LogP contribution in [-0.4, -0.2) is 72.5 Å². The van der Waals surface area contributed by atoms with Crippen molar-refractivity contribution in [2.45, 2.75) is 32.2 Å². The van der Waals surface area contributed by atoms with Crippen LogP contribution in [-0.2, 0) is 19.4 Å². The number of hydrogen-bond donors (Lipinski definition) is 3. The Bertz CT molecular complexity index is 1460. The molecule has 0 fully saturated rings. The summed E-state index contributed by atoms with van der Waals surface area (Å²) in [6.45, 7) is 2.87. The van der Waals surface area contributed by atoms with Gasteiger partial charge in [0.05, 0.1) is 35.4 Å². The standard InChI is InChI=1S/C30H39N7O2/c1-35(2)13-14-36(3)26-17-27(39-4)25(16-24(26)31)33-30-32-18-21(10-7-15-38)28(34-30)23-19-37-12-6-9-20-8-5-11-22(23)29(20)37/h5,8,11,16-19,38H,6-7,9-10,12-15,31H2,1-4H3,(H,32,33,34). The average molecular weight is 530 g/mol. The quantitative estimate of drug-likeness (QED) is 0.247. The second kappa shape index (κ2) is 11.5. The summed E-state index contributed by atoms with van der Waals surface area (Å²) in [7, 11) is 7.79. The molecular weight excluding hydrogens is 490 g/mol. The third-order valence-electron chi connectivity index (χ3n) is 7.44. The van der Waals surface area contributed by atoms with Crippen molar-refractivity contribution >= 4 is 33.9 Å². The Hall–Kier alpha value is -3.82. The lowest BCUT2D eigenvalue weighted by atomic mass is 9.99.